The average Bonchev–Trinajstić information content (AvgIpc) is 2.49. The zero-order chi connectivity index (χ0) is 16.8. The molecule has 2 amide bonds. The Balaban J connectivity index is 1.76. The molecule has 5 nitrogen and oxygen atoms in total. The Labute approximate surface area is 135 Å². The molecule has 1 aliphatic rings. The monoisotopic (exact) mass is 327 g/mol. The van der Waals surface area contributed by atoms with Gasteiger partial charge in [0.15, 0.2) is 11.6 Å². The van der Waals surface area contributed by atoms with Gasteiger partial charge in [0, 0.05) is 37.9 Å². The third kappa shape index (κ3) is 5.76. The molecule has 0 saturated carbocycles. The Morgan fingerprint density at radius 2 is 2.17 bits per heavy atom. The number of carbonyl (C=O) groups excluding carboxylic acids is 1. The first-order valence-corrected chi connectivity index (χ1v) is 7.78. The number of hydrogen-bond donors (Lipinski definition) is 2. The van der Waals surface area contributed by atoms with E-state index in [0.29, 0.717) is 19.1 Å². The largest absolute Gasteiger partial charge is 0.374 e. The Hall–Kier alpha value is -1.73. The van der Waals surface area contributed by atoms with Gasteiger partial charge in [-0.3, -0.25) is 4.90 Å². The fraction of sp³-hybridized carbons (Fsp3) is 0.562. The first-order chi connectivity index (χ1) is 10.9. The van der Waals surface area contributed by atoms with E-state index in [1.54, 1.807) is 0 Å². The minimum Gasteiger partial charge on any atom is -0.374 e. The molecule has 1 aromatic rings. The summed E-state index contributed by atoms with van der Waals surface area (Å²) in [7, 11) is 0. The second kappa shape index (κ2) is 8.21. The van der Waals surface area contributed by atoms with Gasteiger partial charge < -0.3 is 15.4 Å². The smallest absolute Gasteiger partial charge is 0.319 e. The van der Waals surface area contributed by atoms with E-state index in [9.17, 15) is 13.6 Å². The minimum absolute atomic E-state index is 0.0711. The minimum atomic E-state index is -0.997. The number of halogens is 2. The van der Waals surface area contributed by atoms with Gasteiger partial charge >= 0.3 is 6.03 Å². The maximum atomic E-state index is 13.1. The van der Waals surface area contributed by atoms with E-state index in [0.717, 1.165) is 31.8 Å². The lowest BCUT2D eigenvalue weighted by Gasteiger charge is -2.33. The normalized spacial score (nSPS) is 18.9. The number of ether oxygens (including phenoxy) is 1. The van der Waals surface area contributed by atoms with Crippen LogP contribution in [0.25, 0.3) is 0 Å². The van der Waals surface area contributed by atoms with E-state index in [1.807, 2.05) is 0 Å². The highest BCUT2D eigenvalue weighted by Gasteiger charge is 2.21. The highest BCUT2D eigenvalue weighted by molar-refractivity contribution is 5.89. The van der Waals surface area contributed by atoms with Crippen LogP contribution in [0.1, 0.15) is 13.8 Å². The molecular weight excluding hydrogens is 304 g/mol. The van der Waals surface area contributed by atoms with Gasteiger partial charge in [0.1, 0.15) is 0 Å². The average molecular weight is 327 g/mol. The molecule has 23 heavy (non-hydrogen) atoms. The van der Waals surface area contributed by atoms with Crippen molar-refractivity contribution >= 4 is 11.7 Å². The van der Waals surface area contributed by atoms with Crippen LogP contribution in [0.4, 0.5) is 19.3 Å². The molecular formula is C16H23F2N3O2. The molecule has 0 spiro atoms. The van der Waals surface area contributed by atoms with Gasteiger partial charge in [-0.2, -0.15) is 0 Å². The second-order valence-electron chi connectivity index (χ2n) is 6.11. The van der Waals surface area contributed by atoms with Crippen molar-refractivity contribution in [3.05, 3.63) is 29.8 Å². The van der Waals surface area contributed by atoms with Crippen LogP contribution in [0, 0.1) is 17.6 Å². The summed E-state index contributed by atoms with van der Waals surface area (Å²) in [6.45, 7) is 8.00. The molecule has 0 bridgehead atoms. The van der Waals surface area contributed by atoms with E-state index in [1.165, 1.54) is 6.07 Å². The van der Waals surface area contributed by atoms with Crippen LogP contribution in [0.5, 0.6) is 0 Å². The van der Waals surface area contributed by atoms with Crippen molar-refractivity contribution in [1.29, 1.82) is 0 Å². The third-order valence-electron chi connectivity index (χ3n) is 3.51. The molecule has 1 aliphatic heterocycles. The Morgan fingerprint density at radius 1 is 1.39 bits per heavy atom. The zero-order valence-corrected chi connectivity index (χ0v) is 13.4. The lowest BCUT2D eigenvalue weighted by molar-refractivity contribution is -0.0288. The summed E-state index contributed by atoms with van der Waals surface area (Å²) in [6, 6.07) is 2.75. The first-order valence-electron chi connectivity index (χ1n) is 7.78. The van der Waals surface area contributed by atoms with Crippen LogP contribution in [-0.2, 0) is 4.74 Å². The zero-order valence-electron chi connectivity index (χ0n) is 13.4. The second-order valence-corrected chi connectivity index (χ2v) is 6.11. The van der Waals surface area contributed by atoms with E-state index >= 15 is 0 Å². The van der Waals surface area contributed by atoms with Crippen molar-refractivity contribution in [3.63, 3.8) is 0 Å². The number of amides is 2. The molecule has 1 aromatic carbocycles. The number of urea groups is 1. The number of nitrogens with zero attached hydrogens (tertiary/aromatic N) is 1. The maximum absolute atomic E-state index is 13.1. The van der Waals surface area contributed by atoms with Crippen LogP contribution < -0.4 is 10.6 Å². The lowest BCUT2D eigenvalue weighted by Crippen LogP contribution is -2.48. The van der Waals surface area contributed by atoms with E-state index in [2.05, 4.69) is 29.4 Å². The topological polar surface area (TPSA) is 53.6 Å². The summed E-state index contributed by atoms with van der Waals surface area (Å²) < 4.78 is 31.5. The molecule has 1 fully saturated rings. The van der Waals surface area contributed by atoms with Crippen molar-refractivity contribution in [1.82, 2.24) is 10.2 Å². The molecule has 1 saturated heterocycles. The van der Waals surface area contributed by atoms with Gasteiger partial charge in [0.05, 0.1) is 12.7 Å². The fourth-order valence-corrected chi connectivity index (χ4v) is 2.54. The SMILES string of the molecule is CC(C)CN1CCOC(CNC(=O)Nc2ccc(F)c(F)c2)C1. The van der Waals surface area contributed by atoms with E-state index < -0.39 is 17.7 Å². The van der Waals surface area contributed by atoms with Crippen LogP contribution in [-0.4, -0.2) is 49.8 Å². The summed E-state index contributed by atoms with van der Waals surface area (Å²) in [6.07, 6.45) is -0.0711. The molecule has 0 radical (unpaired) electrons. The molecule has 1 atom stereocenters. The summed E-state index contributed by atoms with van der Waals surface area (Å²) in [5, 5.41) is 5.16. The number of hydrogen-bond acceptors (Lipinski definition) is 3. The number of anilines is 1. The summed E-state index contributed by atoms with van der Waals surface area (Å²) in [4.78, 5) is 14.1. The number of benzene rings is 1. The molecule has 7 heteroatoms. The van der Waals surface area contributed by atoms with Gasteiger partial charge in [-0.05, 0) is 18.1 Å². The first kappa shape index (κ1) is 17.6. The van der Waals surface area contributed by atoms with Crippen molar-refractivity contribution in [3.8, 4) is 0 Å². The molecule has 2 N–H and O–H groups in total. The van der Waals surface area contributed by atoms with Crippen molar-refractivity contribution in [2.24, 2.45) is 5.92 Å². The summed E-state index contributed by atoms with van der Waals surface area (Å²) in [5.41, 5.74) is 0.201. The van der Waals surface area contributed by atoms with Crippen LogP contribution in [0.15, 0.2) is 18.2 Å². The number of morpholine rings is 1. The van der Waals surface area contributed by atoms with E-state index in [4.69, 9.17) is 4.74 Å². The number of rotatable bonds is 5. The molecule has 1 heterocycles. The summed E-state index contributed by atoms with van der Waals surface area (Å²) in [5.74, 6) is -1.36. The summed E-state index contributed by atoms with van der Waals surface area (Å²) >= 11 is 0. The van der Waals surface area contributed by atoms with Crippen LogP contribution in [0.2, 0.25) is 0 Å². The highest BCUT2D eigenvalue weighted by Crippen LogP contribution is 2.13. The Bertz CT molecular complexity index is 540. The van der Waals surface area contributed by atoms with Gasteiger partial charge in [0.2, 0.25) is 0 Å². The van der Waals surface area contributed by atoms with Crippen molar-refractivity contribution < 1.29 is 18.3 Å². The molecule has 0 aromatic heterocycles. The van der Waals surface area contributed by atoms with Gasteiger partial charge in [-0.15, -0.1) is 0 Å². The molecule has 2 rings (SSSR count). The molecule has 1 unspecified atom stereocenters. The number of nitrogens with one attached hydrogen (secondary N) is 2. The Kier molecular flexibility index (Phi) is 6.29. The van der Waals surface area contributed by atoms with Crippen molar-refractivity contribution in [2.45, 2.75) is 20.0 Å². The van der Waals surface area contributed by atoms with Crippen molar-refractivity contribution in [2.75, 3.05) is 38.1 Å². The predicted molar refractivity (Wildman–Crippen MR) is 84.4 cm³/mol. The van der Waals surface area contributed by atoms with Gasteiger partial charge in [-0.1, -0.05) is 13.8 Å². The third-order valence-corrected chi connectivity index (χ3v) is 3.51. The fourth-order valence-electron chi connectivity index (χ4n) is 2.54. The lowest BCUT2D eigenvalue weighted by atomic mass is 10.2. The number of carbonyl (C=O) groups is 1. The molecule has 128 valence electrons. The maximum Gasteiger partial charge on any atom is 0.319 e. The Morgan fingerprint density at radius 3 is 2.87 bits per heavy atom. The predicted octanol–water partition coefficient (Wildman–Crippen LogP) is 2.44. The molecule has 0 aliphatic carbocycles. The van der Waals surface area contributed by atoms with Crippen LogP contribution in [0.3, 0.4) is 0 Å². The van der Waals surface area contributed by atoms with Crippen LogP contribution >= 0.6 is 0 Å². The quantitative estimate of drug-likeness (QED) is 0.873. The van der Waals surface area contributed by atoms with E-state index in [-0.39, 0.29) is 11.8 Å². The highest BCUT2D eigenvalue weighted by atomic mass is 19.2. The standard InChI is InChI=1S/C16H23F2N3O2/c1-11(2)9-21-5-6-23-13(10-21)8-19-16(22)20-12-3-4-14(17)15(18)7-12/h3-4,7,11,13H,5-6,8-10H2,1-2H3,(H2,19,20,22). The van der Waals surface area contributed by atoms with Gasteiger partial charge in [-0.25, -0.2) is 13.6 Å². The van der Waals surface area contributed by atoms with Gasteiger partial charge in [0.25, 0.3) is 0 Å².